The van der Waals surface area contributed by atoms with Crippen LogP contribution in [0.1, 0.15) is 50.4 Å². The average molecular weight is 388 g/mol. The van der Waals surface area contributed by atoms with Gasteiger partial charge in [-0.2, -0.15) is 0 Å². The summed E-state index contributed by atoms with van der Waals surface area (Å²) in [6.45, 7) is 5.58. The van der Waals surface area contributed by atoms with Gasteiger partial charge in [-0.25, -0.2) is 9.59 Å². The van der Waals surface area contributed by atoms with E-state index >= 15 is 0 Å². The fraction of sp³-hybridized carbons (Fsp3) is 0.200. The molecule has 0 N–H and O–H groups in total. The number of hydrogen-bond donors (Lipinski definition) is 0. The first-order valence-electron chi connectivity index (χ1n) is 9.55. The predicted octanol–water partition coefficient (Wildman–Crippen LogP) is 5.45. The number of ether oxygens (including phenoxy) is 2. The molecule has 0 radical (unpaired) electrons. The van der Waals surface area contributed by atoms with Crippen molar-refractivity contribution >= 4 is 11.9 Å². The largest absolute Gasteiger partial charge is 0.455 e. The number of benzene rings is 3. The van der Waals surface area contributed by atoms with Gasteiger partial charge >= 0.3 is 11.9 Å². The van der Waals surface area contributed by atoms with Crippen molar-refractivity contribution in [3.63, 3.8) is 0 Å². The van der Waals surface area contributed by atoms with Gasteiger partial charge in [0.05, 0.1) is 11.1 Å². The second kappa shape index (κ2) is 9.20. The molecule has 0 aliphatic heterocycles. The Morgan fingerprint density at radius 1 is 0.759 bits per heavy atom. The van der Waals surface area contributed by atoms with Gasteiger partial charge in [0.1, 0.15) is 6.10 Å². The first-order valence-corrected chi connectivity index (χ1v) is 9.55. The van der Waals surface area contributed by atoms with Crippen molar-refractivity contribution in [3.8, 4) is 0 Å². The van der Waals surface area contributed by atoms with Crippen molar-refractivity contribution in [1.29, 1.82) is 0 Å². The van der Waals surface area contributed by atoms with E-state index in [0.29, 0.717) is 11.1 Å². The van der Waals surface area contributed by atoms with Crippen LogP contribution < -0.4 is 0 Å². The molecule has 0 aromatic heterocycles. The smallest absolute Gasteiger partial charge is 0.338 e. The molecular weight excluding hydrogens is 364 g/mol. The van der Waals surface area contributed by atoms with Crippen LogP contribution in [0, 0.1) is 13.8 Å². The van der Waals surface area contributed by atoms with Gasteiger partial charge in [0, 0.05) is 0 Å². The second-order valence-electron chi connectivity index (χ2n) is 7.03. The standard InChI is InChI=1S/C25H24O4/c1-17-14-15-22(18(2)16-17)25(27)28-19(3)23(20-10-6-4-7-11-20)29-24(26)21-12-8-5-9-13-21/h4-16,19,23H,1-3H3. The van der Waals surface area contributed by atoms with E-state index in [-0.39, 0.29) is 0 Å². The molecule has 0 heterocycles. The Morgan fingerprint density at radius 3 is 2.00 bits per heavy atom. The molecule has 4 heteroatoms. The highest BCUT2D eigenvalue weighted by molar-refractivity contribution is 5.91. The number of esters is 2. The van der Waals surface area contributed by atoms with E-state index < -0.39 is 24.1 Å². The molecule has 0 fully saturated rings. The molecule has 3 aromatic carbocycles. The van der Waals surface area contributed by atoms with E-state index in [1.54, 1.807) is 37.3 Å². The molecule has 0 saturated carbocycles. The summed E-state index contributed by atoms with van der Waals surface area (Å²) in [6.07, 6.45) is -1.39. The van der Waals surface area contributed by atoms with Crippen LogP contribution >= 0.6 is 0 Å². The van der Waals surface area contributed by atoms with Crippen molar-refractivity contribution in [3.05, 3.63) is 107 Å². The fourth-order valence-corrected chi connectivity index (χ4v) is 3.17. The molecule has 0 saturated heterocycles. The summed E-state index contributed by atoms with van der Waals surface area (Å²) in [5.41, 5.74) is 3.63. The Bertz CT molecular complexity index is 980. The van der Waals surface area contributed by atoms with Crippen LogP contribution in [-0.2, 0) is 9.47 Å². The molecule has 0 bridgehead atoms. The lowest BCUT2D eigenvalue weighted by Crippen LogP contribution is -2.27. The van der Waals surface area contributed by atoms with Crippen LogP contribution in [0.15, 0.2) is 78.9 Å². The van der Waals surface area contributed by atoms with Crippen molar-refractivity contribution in [2.45, 2.75) is 33.0 Å². The summed E-state index contributed by atoms with van der Waals surface area (Å²) in [5, 5.41) is 0. The molecule has 29 heavy (non-hydrogen) atoms. The van der Waals surface area contributed by atoms with E-state index in [2.05, 4.69) is 0 Å². The van der Waals surface area contributed by atoms with Crippen LogP contribution in [0.5, 0.6) is 0 Å². The Morgan fingerprint density at radius 2 is 1.38 bits per heavy atom. The molecule has 0 spiro atoms. The Balaban J connectivity index is 1.81. The number of rotatable bonds is 6. The number of carbonyl (C=O) groups is 2. The van der Waals surface area contributed by atoms with Gasteiger partial charge in [-0.3, -0.25) is 0 Å². The number of aryl methyl sites for hydroxylation is 2. The van der Waals surface area contributed by atoms with E-state index in [4.69, 9.17) is 9.47 Å². The minimum Gasteiger partial charge on any atom is -0.455 e. The Labute approximate surface area is 171 Å². The molecule has 2 atom stereocenters. The van der Waals surface area contributed by atoms with Gasteiger partial charge in [0.2, 0.25) is 0 Å². The molecule has 4 nitrogen and oxygen atoms in total. The average Bonchev–Trinajstić information content (AvgIpc) is 2.72. The summed E-state index contributed by atoms with van der Waals surface area (Å²) < 4.78 is 11.4. The van der Waals surface area contributed by atoms with E-state index in [9.17, 15) is 9.59 Å². The Hall–Kier alpha value is -3.40. The van der Waals surface area contributed by atoms with Crippen LogP contribution in [0.3, 0.4) is 0 Å². The van der Waals surface area contributed by atoms with E-state index in [1.165, 1.54) is 0 Å². The monoisotopic (exact) mass is 388 g/mol. The van der Waals surface area contributed by atoms with Crippen LogP contribution in [-0.4, -0.2) is 18.0 Å². The van der Waals surface area contributed by atoms with Crippen molar-refractivity contribution in [2.24, 2.45) is 0 Å². The first kappa shape index (κ1) is 20.3. The summed E-state index contributed by atoms with van der Waals surface area (Å²) in [4.78, 5) is 25.3. The highest BCUT2D eigenvalue weighted by Gasteiger charge is 2.28. The SMILES string of the molecule is Cc1ccc(C(=O)OC(C)C(OC(=O)c2ccccc2)c2ccccc2)c(C)c1. The zero-order valence-corrected chi connectivity index (χ0v) is 16.8. The minimum atomic E-state index is -0.724. The maximum Gasteiger partial charge on any atom is 0.338 e. The Kier molecular flexibility index (Phi) is 6.45. The second-order valence-corrected chi connectivity index (χ2v) is 7.03. The third-order valence-corrected chi connectivity index (χ3v) is 4.69. The lowest BCUT2D eigenvalue weighted by molar-refractivity contribution is -0.0312. The topological polar surface area (TPSA) is 52.6 Å². The molecule has 0 amide bonds. The quantitative estimate of drug-likeness (QED) is 0.527. The fourth-order valence-electron chi connectivity index (χ4n) is 3.17. The first-order chi connectivity index (χ1) is 14.0. The van der Waals surface area contributed by atoms with Gasteiger partial charge in [-0.15, -0.1) is 0 Å². The highest BCUT2D eigenvalue weighted by Crippen LogP contribution is 2.26. The molecule has 3 aromatic rings. The summed E-state index contributed by atoms with van der Waals surface area (Å²) in [5.74, 6) is -0.902. The number of hydrogen-bond acceptors (Lipinski definition) is 4. The molecule has 0 aliphatic carbocycles. The van der Waals surface area contributed by atoms with E-state index in [1.807, 2.05) is 62.4 Å². The van der Waals surface area contributed by atoms with Crippen molar-refractivity contribution < 1.29 is 19.1 Å². The van der Waals surface area contributed by atoms with Gasteiger partial charge in [-0.05, 0) is 50.1 Å². The zero-order chi connectivity index (χ0) is 20.8. The third kappa shape index (κ3) is 5.11. The minimum absolute atomic E-state index is 0.438. The zero-order valence-electron chi connectivity index (χ0n) is 16.8. The summed E-state index contributed by atoms with van der Waals surface area (Å²) >= 11 is 0. The maximum atomic E-state index is 12.7. The predicted molar refractivity (Wildman–Crippen MR) is 112 cm³/mol. The lowest BCUT2D eigenvalue weighted by atomic mass is 10.0. The molecule has 3 rings (SSSR count). The highest BCUT2D eigenvalue weighted by atomic mass is 16.6. The van der Waals surface area contributed by atoms with Crippen molar-refractivity contribution in [1.82, 2.24) is 0 Å². The van der Waals surface area contributed by atoms with Crippen molar-refractivity contribution in [2.75, 3.05) is 0 Å². The molecule has 2 unspecified atom stereocenters. The van der Waals surface area contributed by atoms with Gasteiger partial charge in [-0.1, -0.05) is 66.2 Å². The lowest BCUT2D eigenvalue weighted by Gasteiger charge is -2.25. The molecule has 148 valence electrons. The van der Waals surface area contributed by atoms with Gasteiger partial charge < -0.3 is 9.47 Å². The van der Waals surface area contributed by atoms with Gasteiger partial charge in [0.25, 0.3) is 0 Å². The maximum absolute atomic E-state index is 12.7. The molecule has 0 aliphatic rings. The number of carbonyl (C=O) groups excluding carboxylic acids is 2. The van der Waals surface area contributed by atoms with Crippen LogP contribution in [0.25, 0.3) is 0 Å². The summed E-state index contributed by atoms with van der Waals surface area (Å²) in [7, 11) is 0. The summed E-state index contributed by atoms with van der Waals surface area (Å²) in [6, 6.07) is 23.6. The van der Waals surface area contributed by atoms with Gasteiger partial charge in [0.15, 0.2) is 6.10 Å². The normalized spacial score (nSPS) is 12.7. The van der Waals surface area contributed by atoms with Crippen LogP contribution in [0.4, 0.5) is 0 Å². The third-order valence-electron chi connectivity index (χ3n) is 4.69. The van der Waals surface area contributed by atoms with Crippen LogP contribution in [0.2, 0.25) is 0 Å². The van der Waals surface area contributed by atoms with E-state index in [0.717, 1.165) is 16.7 Å². The molecular formula is C25H24O4.